The van der Waals surface area contributed by atoms with Crippen LogP contribution in [0.4, 0.5) is 0 Å². The number of nitrogens with one attached hydrogen (secondary N) is 1. The molecule has 26 heavy (non-hydrogen) atoms. The third-order valence-corrected chi connectivity index (χ3v) is 6.53. The molecule has 142 valence electrons. The maximum absolute atomic E-state index is 5.59. The highest BCUT2D eigenvalue weighted by molar-refractivity contribution is 7.98. The summed E-state index contributed by atoms with van der Waals surface area (Å²) in [6.45, 7) is 4.21. The van der Waals surface area contributed by atoms with Crippen LogP contribution in [0.3, 0.4) is 0 Å². The molecular formula is C20H28N2O2S2. The smallest absolute Gasteiger partial charge is 0.132 e. The van der Waals surface area contributed by atoms with Gasteiger partial charge < -0.3 is 14.8 Å². The predicted molar refractivity (Wildman–Crippen MR) is 111 cm³/mol. The Morgan fingerprint density at radius 2 is 1.96 bits per heavy atom. The normalized spacial score (nSPS) is 16.0. The van der Waals surface area contributed by atoms with Gasteiger partial charge in [0.2, 0.25) is 0 Å². The van der Waals surface area contributed by atoms with E-state index in [1.807, 2.05) is 11.3 Å². The SMILES string of the molecule is COc1cc(SC)c(OC)cc1CNC1CCN(Cc2cccs2)CC1. The molecule has 0 unspecified atom stereocenters. The van der Waals surface area contributed by atoms with Crippen LogP contribution >= 0.6 is 23.1 Å². The van der Waals surface area contributed by atoms with Crippen molar-refractivity contribution in [2.24, 2.45) is 0 Å². The number of likely N-dealkylation sites (tertiary alicyclic amines) is 1. The van der Waals surface area contributed by atoms with Crippen molar-refractivity contribution in [1.82, 2.24) is 10.2 Å². The summed E-state index contributed by atoms with van der Waals surface area (Å²) in [5.41, 5.74) is 1.16. The minimum atomic E-state index is 0.561. The van der Waals surface area contributed by atoms with E-state index in [-0.39, 0.29) is 0 Å². The van der Waals surface area contributed by atoms with Crippen molar-refractivity contribution in [3.05, 3.63) is 40.1 Å². The first-order chi connectivity index (χ1) is 12.7. The largest absolute Gasteiger partial charge is 0.496 e. The number of benzene rings is 1. The van der Waals surface area contributed by atoms with Gasteiger partial charge in [0, 0.05) is 29.6 Å². The third-order valence-electron chi connectivity index (χ3n) is 4.91. The summed E-state index contributed by atoms with van der Waals surface area (Å²) < 4.78 is 11.1. The molecule has 1 aromatic heterocycles. The van der Waals surface area contributed by atoms with Crippen molar-refractivity contribution in [2.45, 2.75) is 36.9 Å². The first-order valence-electron chi connectivity index (χ1n) is 9.00. The van der Waals surface area contributed by atoms with Gasteiger partial charge in [0.25, 0.3) is 0 Å². The maximum Gasteiger partial charge on any atom is 0.132 e. The highest BCUT2D eigenvalue weighted by atomic mass is 32.2. The summed E-state index contributed by atoms with van der Waals surface area (Å²) >= 11 is 3.53. The van der Waals surface area contributed by atoms with Gasteiger partial charge in [-0.1, -0.05) is 6.07 Å². The van der Waals surface area contributed by atoms with Crippen LogP contribution in [0.5, 0.6) is 11.5 Å². The van der Waals surface area contributed by atoms with Crippen molar-refractivity contribution in [1.29, 1.82) is 0 Å². The van der Waals surface area contributed by atoms with Crippen LogP contribution in [-0.2, 0) is 13.1 Å². The minimum absolute atomic E-state index is 0.561. The standard InChI is InChI=1S/C20H28N2O2S2/c1-23-18-12-20(25-3)19(24-2)11-15(18)13-21-16-6-8-22(9-7-16)14-17-5-4-10-26-17/h4-5,10-12,16,21H,6-9,13-14H2,1-3H3. The Morgan fingerprint density at radius 1 is 1.19 bits per heavy atom. The van der Waals surface area contributed by atoms with Gasteiger partial charge in [0.1, 0.15) is 11.5 Å². The first-order valence-corrected chi connectivity index (χ1v) is 11.1. The van der Waals surface area contributed by atoms with Crippen LogP contribution < -0.4 is 14.8 Å². The second-order valence-electron chi connectivity index (χ2n) is 6.53. The average Bonchev–Trinajstić information content (AvgIpc) is 3.19. The van der Waals surface area contributed by atoms with Gasteiger partial charge in [-0.25, -0.2) is 0 Å². The molecule has 3 rings (SSSR count). The zero-order valence-corrected chi connectivity index (χ0v) is 17.4. The van der Waals surface area contributed by atoms with E-state index in [1.54, 1.807) is 26.0 Å². The molecule has 1 aliphatic rings. The van der Waals surface area contributed by atoms with Crippen LogP contribution in [0.1, 0.15) is 23.3 Å². The fourth-order valence-electron chi connectivity index (χ4n) is 3.40. The second-order valence-corrected chi connectivity index (χ2v) is 8.41. The van der Waals surface area contributed by atoms with E-state index < -0.39 is 0 Å². The molecule has 6 heteroatoms. The lowest BCUT2D eigenvalue weighted by molar-refractivity contribution is 0.191. The molecular weight excluding hydrogens is 364 g/mol. The second kappa shape index (κ2) is 9.65. The summed E-state index contributed by atoms with van der Waals surface area (Å²) in [5.74, 6) is 1.85. The number of nitrogens with zero attached hydrogens (tertiary/aromatic N) is 1. The predicted octanol–water partition coefficient (Wildman–Crippen LogP) is 4.24. The van der Waals surface area contributed by atoms with Crippen molar-refractivity contribution < 1.29 is 9.47 Å². The minimum Gasteiger partial charge on any atom is -0.496 e. The molecule has 1 aliphatic heterocycles. The maximum atomic E-state index is 5.59. The molecule has 0 atom stereocenters. The Hall–Kier alpha value is -1.21. The van der Waals surface area contributed by atoms with Gasteiger partial charge in [0.15, 0.2) is 0 Å². The van der Waals surface area contributed by atoms with Crippen molar-refractivity contribution in [3.8, 4) is 11.5 Å². The molecule has 0 amide bonds. The van der Waals surface area contributed by atoms with Crippen LogP contribution in [0, 0.1) is 0 Å². The van der Waals surface area contributed by atoms with Crippen LogP contribution in [0.15, 0.2) is 34.5 Å². The Kier molecular flexibility index (Phi) is 7.25. The van der Waals surface area contributed by atoms with Gasteiger partial charge in [-0.2, -0.15) is 0 Å². The molecule has 2 aromatic rings. The first kappa shape index (κ1) is 19.5. The molecule has 0 aliphatic carbocycles. The zero-order valence-electron chi connectivity index (χ0n) is 15.8. The number of hydrogen-bond acceptors (Lipinski definition) is 6. The van der Waals surface area contributed by atoms with Crippen molar-refractivity contribution >= 4 is 23.1 Å². The van der Waals surface area contributed by atoms with E-state index in [4.69, 9.17) is 9.47 Å². The van der Waals surface area contributed by atoms with Gasteiger partial charge in [-0.15, -0.1) is 23.1 Å². The third kappa shape index (κ3) is 4.94. The summed E-state index contributed by atoms with van der Waals surface area (Å²) in [6, 6.07) is 9.10. The highest BCUT2D eigenvalue weighted by Crippen LogP contribution is 2.34. The molecule has 0 saturated carbocycles. The van der Waals surface area contributed by atoms with E-state index in [1.165, 1.54) is 17.7 Å². The van der Waals surface area contributed by atoms with Crippen LogP contribution in [0.25, 0.3) is 0 Å². The van der Waals surface area contributed by atoms with Crippen LogP contribution in [0.2, 0.25) is 0 Å². The molecule has 1 N–H and O–H groups in total. The van der Waals surface area contributed by atoms with E-state index in [2.05, 4.69) is 46.1 Å². The van der Waals surface area contributed by atoms with Crippen molar-refractivity contribution in [3.63, 3.8) is 0 Å². The molecule has 0 bridgehead atoms. The molecule has 0 spiro atoms. The Bertz CT molecular complexity index is 683. The van der Waals surface area contributed by atoms with E-state index >= 15 is 0 Å². The monoisotopic (exact) mass is 392 g/mol. The van der Waals surface area contributed by atoms with Crippen LogP contribution in [-0.4, -0.2) is 44.5 Å². The lowest BCUT2D eigenvalue weighted by atomic mass is 10.0. The number of hydrogen-bond donors (Lipinski definition) is 1. The van der Waals surface area contributed by atoms with Gasteiger partial charge >= 0.3 is 0 Å². The summed E-state index contributed by atoms with van der Waals surface area (Å²) in [5, 5.41) is 5.87. The van der Waals surface area contributed by atoms with E-state index in [0.29, 0.717) is 6.04 Å². The van der Waals surface area contributed by atoms with Gasteiger partial charge in [-0.3, -0.25) is 4.90 Å². The van der Waals surface area contributed by atoms with Crippen molar-refractivity contribution in [2.75, 3.05) is 33.6 Å². The molecule has 4 nitrogen and oxygen atoms in total. The lowest BCUT2D eigenvalue weighted by Crippen LogP contribution is -2.41. The number of thioether (sulfide) groups is 1. The number of ether oxygens (including phenoxy) is 2. The topological polar surface area (TPSA) is 33.7 Å². The fourth-order valence-corrected chi connectivity index (χ4v) is 4.72. The molecule has 2 heterocycles. The fraction of sp³-hybridized carbons (Fsp3) is 0.500. The zero-order chi connectivity index (χ0) is 18.4. The number of methoxy groups -OCH3 is 2. The summed E-state index contributed by atoms with van der Waals surface area (Å²) in [7, 11) is 3.46. The Balaban J connectivity index is 1.53. The Labute approximate surface area is 164 Å². The number of rotatable bonds is 8. The number of thiophene rings is 1. The Morgan fingerprint density at radius 3 is 2.58 bits per heavy atom. The van der Waals surface area contributed by atoms with Gasteiger partial charge in [0.05, 0.1) is 19.1 Å². The molecule has 1 aromatic carbocycles. The average molecular weight is 393 g/mol. The quantitative estimate of drug-likeness (QED) is 0.680. The summed E-state index contributed by atoms with van der Waals surface area (Å²) in [6.07, 6.45) is 4.43. The molecule has 1 saturated heterocycles. The van der Waals surface area contributed by atoms with Gasteiger partial charge in [-0.05, 0) is 55.8 Å². The highest BCUT2D eigenvalue weighted by Gasteiger charge is 2.20. The van der Waals surface area contributed by atoms with E-state index in [0.717, 1.165) is 48.1 Å². The molecule has 1 fully saturated rings. The molecule has 0 radical (unpaired) electrons. The van der Waals surface area contributed by atoms with E-state index in [9.17, 15) is 0 Å². The lowest BCUT2D eigenvalue weighted by Gasteiger charge is -2.32. The number of piperidine rings is 1. The summed E-state index contributed by atoms with van der Waals surface area (Å²) in [4.78, 5) is 5.12.